The minimum atomic E-state index is -0.159. The molecular formula is C12H15ClO3. The van der Waals surface area contributed by atoms with Crippen LogP contribution in [0.3, 0.4) is 0 Å². The van der Waals surface area contributed by atoms with Crippen molar-refractivity contribution < 1.29 is 14.6 Å². The average molecular weight is 243 g/mol. The monoisotopic (exact) mass is 242 g/mol. The molecule has 0 aliphatic rings. The molecule has 0 fully saturated rings. The number of rotatable bonds is 5. The molecule has 16 heavy (non-hydrogen) atoms. The van der Waals surface area contributed by atoms with E-state index < -0.39 is 0 Å². The topological polar surface area (TPSA) is 46.5 Å². The minimum absolute atomic E-state index is 0.00382. The second-order valence-corrected chi connectivity index (χ2v) is 3.91. The van der Waals surface area contributed by atoms with E-state index in [9.17, 15) is 9.90 Å². The molecular weight excluding hydrogens is 228 g/mol. The molecule has 1 aromatic carbocycles. The van der Waals surface area contributed by atoms with Gasteiger partial charge >= 0.3 is 0 Å². The maximum Gasteiger partial charge on any atom is 0.163 e. The van der Waals surface area contributed by atoms with Gasteiger partial charge in [-0.05, 0) is 32.4 Å². The molecule has 1 N–H and O–H groups in total. The standard InChI is InChI=1S/C12H15ClO3/c1-8-11(16-7-3-6-13)5-4-10(9(2)14)12(8)15/h4-5,15H,3,6-7H2,1-2H3. The Kier molecular flexibility index (Phi) is 4.62. The molecule has 1 rings (SSSR count). The zero-order chi connectivity index (χ0) is 12.1. The van der Waals surface area contributed by atoms with E-state index in [-0.39, 0.29) is 11.5 Å². The van der Waals surface area contributed by atoms with Gasteiger partial charge < -0.3 is 9.84 Å². The number of ether oxygens (including phenoxy) is 1. The first-order chi connectivity index (χ1) is 7.57. The first-order valence-electron chi connectivity index (χ1n) is 5.10. The van der Waals surface area contributed by atoms with Gasteiger partial charge in [0.05, 0.1) is 12.2 Å². The summed E-state index contributed by atoms with van der Waals surface area (Å²) < 4.78 is 5.44. The molecule has 3 nitrogen and oxygen atoms in total. The summed E-state index contributed by atoms with van der Waals surface area (Å²) in [6.07, 6.45) is 0.746. The summed E-state index contributed by atoms with van der Waals surface area (Å²) in [6.45, 7) is 3.64. The van der Waals surface area contributed by atoms with Crippen LogP contribution in [-0.4, -0.2) is 23.4 Å². The molecule has 0 amide bonds. The van der Waals surface area contributed by atoms with Crippen molar-refractivity contribution in [1.82, 2.24) is 0 Å². The largest absolute Gasteiger partial charge is 0.507 e. The van der Waals surface area contributed by atoms with Gasteiger partial charge in [0.25, 0.3) is 0 Å². The molecule has 0 aromatic heterocycles. The van der Waals surface area contributed by atoms with Crippen LogP contribution >= 0.6 is 11.6 Å². The zero-order valence-corrected chi connectivity index (χ0v) is 10.2. The Morgan fingerprint density at radius 3 is 2.75 bits per heavy atom. The fourth-order valence-corrected chi connectivity index (χ4v) is 1.47. The Labute approximate surface area is 100.0 Å². The molecule has 0 saturated heterocycles. The van der Waals surface area contributed by atoms with Crippen molar-refractivity contribution in [2.45, 2.75) is 20.3 Å². The normalized spacial score (nSPS) is 10.2. The highest BCUT2D eigenvalue weighted by Crippen LogP contribution is 2.30. The number of halogens is 1. The van der Waals surface area contributed by atoms with Crippen LogP contribution in [-0.2, 0) is 0 Å². The summed E-state index contributed by atoms with van der Waals surface area (Å²) in [6, 6.07) is 3.26. The minimum Gasteiger partial charge on any atom is -0.507 e. The fourth-order valence-electron chi connectivity index (χ4n) is 1.36. The summed E-state index contributed by atoms with van der Waals surface area (Å²) >= 11 is 5.53. The Balaban J connectivity index is 2.89. The third kappa shape index (κ3) is 2.89. The number of hydrogen-bond acceptors (Lipinski definition) is 3. The van der Waals surface area contributed by atoms with Crippen molar-refractivity contribution in [3.8, 4) is 11.5 Å². The van der Waals surface area contributed by atoms with Crippen molar-refractivity contribution >= 4 is 17.4 Å². The van der Waals surface area contributed by atoms with Crippen molar-refractivity contribution in [3.63, 3.8) is 0 Å². The van der Waals surface area contributed by atoms with Crippen LogP contribution in [0.5, 0.6) is 11.5 Å². The van der Waals surface area contributed by atoms with Crippen LogP contribution in [0.25, 0.3) is 0 Å². The molecule has 0 aliphatic heterocycles. The van der Waals surface area contributed by atoms with E-state index in [2.05, 4.69) is 0 Å². The molecule has 0 heterocycles. The van der Waals surface area contributed by atoms with Gasteiger partial charge in [-0.25, -0.2) is 0 Å². The summed E-state index contributed by atoms with van der Waals surface area (Å²) in [5.74, 6) is 0.965. The van der Waals surface area contributed by atoms with E-state index in [1.54, 1.807) is 19.1 Å². The highest BCUT2D eigenvalue weighted by Gasteiger charge is 2.12. The first kappa shape index (κ1) is 12.8. The Hall–Kier alpha value is -1.22. The number of alkyl halides is 1. The van der Waals surface area contributed by atoms with Crippen LogP contribution in [0, 0.1) is 6.92 Å². The van der Waals surface area contributed by atoms with Gasteiger partial charge in [-0.1, -0.05) is 0 Å². The molecule has 88 valence electrons. The number of aromatic hydroxyl groups is 1. The van der Waals surface area contributed by atoms with Crippen LogP contribution in [0.4, 0.5) is 0 Å². The Morgan fingerprint density at radius 1 is 1.50 bits per heavy atom. The number of hydrogen-bond donors (Lipinski definition) is 1. The number of phenols is 1. The van der Waals surface area contributed by atoms with E-state index >= 15 is 0 Å². The fraction of sp³-hybridized carbons (Fsp3) is 0.417. The van der Waals surface area contributed by atoms with Gasteiger partial charge in [0.15, 0.2) is 5.78 Å². The maximum atomic E-state index is 11.2. The van der Waals surface area contributed by atoms with Crippen molar-refractivity contribution in [2.75, 3.05) is 12.5 Å². The molecule has 0 radical (unpaired) electrons. The van der Waals surface area contributed by atoms with Crippen LogP contribution in [0.1, 0.15) is 29.3 Å². The smallest absolute Gasteiger partial charge is 0.163 e. The molecule has 4 heteroatoms. The maximum absolute atomic E-state index is 11.2. The molecule has 0 bridgehead atoms. The quantitative estimate of drug-likeness (QED) is 0.491. The van der Waals surface area contributed by atoms with Gasteiger partial charge in [-0.3, -0.25) is 4.79 Å². The number of carbonyl (C=O) groups excluding carboxylic acids is 1. The van der Waals surface area contributed by atoms with Crippen molar-refractivity contribution in [2.24, 2.45) is 0 Å². The number of phenolic OH excluding ortho intramolecular Hbond substituents is 1. The van der Waals surface area contributed by atoms with E-state index in [0.717, 1.165) is 6.42 Å². The summed E-state index contributed by atoms with van der Waals surface area (Å²) in [4.78, 5) is 11.2. The van der Waals surface area contributed by atoms with E-state index in [4.69, 9.17) is 16.3 Å². The number of carbonyl (C=O) groups is 1. The van der Waals surface area contributed by atoms with Gasteiger partial charge in [-0.2, -0.15) is 0 Å². The summed E-state index contributed by atoms with van der Waals surface area (Å²) in [5, 5.41) is 9.78. The van der Waals surface area contributed by atoms with Crippen LogP contribution in [0.2, 0.25) is 0 Å². The summed E-state index contributed by atoms with van der Waals surface area (Å²) in [5.41, 5.74) is 0.907. The van der Waals surface area contributed by atoms with E-state index in [0.29, 0.717) is 29.4 Å². The molecule has 0 atom stereocenters. The second kappa shape index (κ2) is 5.75. The third-order valence-corrected chi connectivity index (χ3v) is 2.56. The predicted octanol–water partition coefficient (Wildman–Crippen LogP) is 2.91. The second-order valence-electron chi connectivity index (χ2n) is 3.53. The highest BCUT2D eigenvalue weighted by atomic mass is 35.5. The van der Waals surface area contributed by atoms with Crippen molar-refractivity contribution in [3.05, 3.63) is 23.3 Å². The molecule has 0 saturated carbocycles. The molecule has 0 spiro atoms. The lowest BCUT2D eigenvalue weighted by molar-refractivity contribution is 0.101. The van der Waals surface area contributed by atoms with Crippen LogP contribution in [0.15, 0.2) is 12.1 Å². The molecule has 0 aliphatic carbocycles. The molecule has 1 aromatic rings. The number of ketones is 1. The SMILES string of the molecule is CC(=O)c1ccc(OCCCCl)c(C)c1O. The zero-order valence-electron chi connectivity index (χ0n) is 9.42. The van der Waals surface area contributed by atoms with Crippen molar-refractivity contribution in [1.29, 1.82) is 0 Å². The van der Waals surface area contributed by atoms with Crippen LogP contribution < -0.4 is 4.74 Å². The highest BCUT2D eigenvalue weighted by molar-refractivity contribution is 6.17. The summed E-state index contributed by atoms with van der Waals surface area (Å²) in [7, 11) is 0. The van der Waals surface area contributed by atoms with Gasteiger partial charge in [0.2, 0.25) is 0 Å². The lowest BCUT2D eigenvalue weighted by Crippen LogP contribution is -2.01. The van der Waals surface area contributed by atoms with Gasteiger partial charge in [0.1, 0.15) is 11.5 Å². The Bertz CT molecular complexity index is 388. The number of Topliss-reactive ketones (excluding diaryl/α,β-unsaturated/α-hetero) is 1. The third-order valence-electron chi connectivity index (χ3n) is 2.30. The van der Waals surface area contributed by atoms with Gasteiger partial charge in [0, 0.05) is 11.4 Å². The molecule has 0 unspecified atom stereocenters. The first-order valence-corrected chi connectivity index (χ1v) is 5.63. The number of benzene rings is 1. The lowest BCUT2D eigenvalue weighted by Gasteiger charge is -2.11. The van der Waals surface area contributed by atoms with E-state index in [1.807, 2.05) is 0 Å². The van der Waals surface area contributed by atoms with E-state index in [1.165, 1.54) is 6.92 Å². The lowest BCUT2D eigenvalue weighted by atomic mass is 10.1. The predicted molar refractivity (Wildman–Crippen MR) is 63.7 cm³/mol. The average Bonchev–Trinajstić information content (AvgIpc) is 2.24. The Morgan fingerprint density at radius 2 is 2.19 bits per heavy atom. The van der Waals surface area contributed by atoms with Gasteiger partial charge in [-0.15, -0.1) is 11.6 Å².